The SMILES string of the molecule is CC(C)c1ccc2c(c1)C(=O)C(Br)CCC2. The number of carbonyl (C=O) groups excluding carboxylic acids is 1. The van der Waals surface area contributed by atoms with Crippen molar-refractivity contribution < 1.29 is 4.79 Å². The van der Waals surface area contributed by atoms with Crippen LogP contribution in [0.15, 0.2) is 18.2 Å². The van der Waals surface area contributed by atoms with E-state index in [0.29, 0.717) is 5.92 Å². The van der Waals surface area contributed by atoms with Crippen LogP contribution >= 0.6 is 15.9 Å². The maximum absolute atomic E-state index is 12.2. The molecule has 16 heavy (non-hydrogen) atoms. The zero-order chi connectivity index (χ0) is 11.7. The third kappa shape index (κ3) is 2.22. The maximum atomic E-state index is 12.2. The van der Waals surface area contributed by atoms with E-state index in [1.54, 1.807) is 0 Å². The summed E-state index contributed by atoms with van der Waals surface area (Å²) in [5.74, 6) is 0.741. The molecule has 0 saturated heterocycles. The number of benzene rings is 1. The van der Waals surface area contributed by atoms with Gasteiger partial charge in [-0.2, -0.15) is 0 Å². The van der Waals surface area contributed by atoms with E-state index in [1.165, 1.54) is 11.1 Å². The minimum Gasteiger partial charge on any atom is -0.293 e. The number of ketones is 1. The first-order valence-corrected chi connectivity index (χ1v) is 6.82. The van der Waals surface area contributed by atoms with Crippen LogP contribution in [-0.4, -0.2) is 10.6 Å². The number of carbonyl (C=O) groups is 1. The molecular weight excluding hydrogens is 264 g/mol. The third-order valence-corrected chi connectivity index (χ3v) is 4.13. The topological polar surface area (TPSA) is 17.1 Å². The maximum Gasteiger partial charge on any atom is 0.176 e. The highest BCUT2D eigenvalue weighted by Gasteiger charge is 2.23. The second kappa shape index (κ2) is 4.70. The normalized spacial score (nSPS) is 20.8. The molecule has 0 amide bonds. The molecule has 1 nitrogen and oxygen atoms in total. The molecule has 1 aromatic rings. The van der Waals surface area contributed by atoms with Crippen LogP contribution in [0.2, 0.25) is 0 Å². The molecule has 1 atom stereocenters. The van der Waals surface area contributed by atoms with Gasteiger partial charge in [-0.25, -0.2) is 0 Å². The second-order valence-electron chi connectivity index (χ2n) is 4.80. The van der Waals surface area contributed by atoms with E-state index in [4.69, 9.17) is 0 Å². The van der Waals surface area contributed by atoms with E-state index in [2.05, 4.69) is 48.0 Å². The molecule has 0 radical (unpaired) electrons. The van der Waals surface area contributed by atoms with Crippen LogP contribution in [0.3, 0.4) is 0 Å². The molecular formula is C14H17BrO. The highest BCUT2D eigenvalue weighted by molar-refractivity contribution is 9.10. The lowest BCUT2D eigenvalue weighted by molar-refractivity contribution is 0.0990. The molecule has 0 saturated carbocycles. The molecule has 1 unspecified atom stereocenters. The highest BCUT2D eigenvalue weighted by atomic mass is 79.9. The first-order valence-electron chi connectivity index (χ1n) is 5.90. The van der Waals surface area contributed by atoms with Crippen LogP contribution in [0.4, 0.5) is 0 Å². The zero-order valence-electron chi connectivity index (χ0n) is 9.79. The number of rotatable bonds is 1. The van der Waals surface area contributed by atoms with Crippen LogP contribution in [0, 0.1) is 0 Å². The van der Waals surface area contributed by atoms with Gasteiger partial charge in [0.25, 0.3) is 0 Å². The molecule has 2 rings (SSSR count). The molecule has 86 valence electrons. The number of aryl methyl sites for hydroxylation is 1. The van der Waals surface area contributed by atoms with E-state index in [1.807, 2.05) is 0 Å². The second-order valence-corrected chi connectivity index (χ2v) is 5.90. The summed E-state index contributed by atoms with van der Waals surface area (Å²) in [6, 6.07) is 6.38. The summed E-state index contributed by atoms with van der Waals surface area (Å²) < 4.78 is 0. The van der Waals surface area contributed by atoms with Gasteiger partial charge in [0, 0.05) is 5.56 Å². The van der Waals surface area contributed by atoms with Crippen LogP contribution in [0.25, 0.3) is 0 Å². The van der Waals surface area contributed by atoms with Crippen molar-refractivity contribution in [3.63, 3.8) is 0 Å². The Labute approximate surface area is 105 Å². The number of hydrogen-bond acceptors (Lipinski definition) is 1. The zero-order valence-corrected chi connectivity index (χ0v) is 11.4. The number of Topliss-reactive ketones (excluding diaryl/α,β-unsaturated/α-hetero) is 1. The number of fused-ring (bicyclic) bond motifs is 1. The van der Waals surface area contributed by atoms with Gasteiger partial charge in [0.05, 0.1) is 4.83 Å². The Morgan fingerprint density at radius 1 is 1.38 bits per heavy atom. The molecule has 0 aliphatic heterocycles. The minimum absolute atomic E-state index is 0.0103. The Morgan fingerprint density at radius 2 is 2.12 bits per heavy atom. The first-order chi connectivity index (χ1) is 7.59. The summed E-state index contributed by atoms with van der Waals surface area (Å²) in [4.78, 5) is 12.2. The van der Waals surface area contributed by atoms with Crippen molar-refractivity contribution in [2.45, 2.75) is 43.9 Å². The lowest BCUT2D eigenvalue weighted by Gasteiger charge is -2.11. The van der Waals surface area contributed by atoms with Crippen molar-refractivity contribution in [1.29, 1.82) is 0 Å². The highest BCUT2D eigenvalue weighted by Crippen LogP contribution is 2.27. The summed E-state index contributed by atoms with van der Waals surface area (Å²) in [7, 11) is 0. The number of hydrogen-bond donors (Lipinski definition) is 0. The van der Waals surface area contributed by atoms with Crippen molar-refractivity contribution in [2.75, 3.05) is 0 Å². The van der Waals surface area contributed by atoms with E-state index < -0.39 is 0 Å². The molecule has 0 aromatic heterocycles. The molecule has 0 heterocycles. The molecule has 0 N–H and O–H groups in total. The van der Waals surface area contributed by atoms with Gasteiger partial charge >= 0.3 is 0 Å². The standard InChI is InChI=1S/C14H17BrO/c1-9(2)11-7-6-10-4-3-5-13(15)14(16)12(10)8-11/h6-9,13H,3-5H2,1-2H3. The monoisotopic (exact) mass is 280 g/mol. The minimum atomic E-state index is 0.0103. The van der Waals surface area contributed by atoms with Crippen molar-refractivity contribution in [1.82, 2.24) is 0 Å². The fourth-order valence-corrected chi connectivity index (χ4v) is 2.74. The van der Waals surface area contributed by atoms with Crippen LogP contribution < -0.4 is 0 Å². The van der Waals surface area contributed by atoms with Crippen molar-refractivity contribution in [3.8, 4) is 0 Å². The molecule has 1 aliphatic carbocycles. The van der Waals surface area contributed by atoms with Gasteiger partial charge in [-0.05, 0) is 42.4 Å². The predicted octanol–water partition coefficient (Wildman–Crippen LogP) is 4.09. The summed E-state index contributed by atoms with van der Waals surface area (Å²) in [6.45, 7) is 4.32. The molecule has 0 spiro atoms. The summed E-state index contributed by atoms with van der Waals surface area (Å²) in [6.07, 6.45) is 3.07. The Balaban J connectivity index is 2.46. The Morgan fingerprint density at radius 3 is 2.81 bits per heavy atom. The smallest absolute Gasteiger partial charge is 0.176 e. The lowest BCUT2D eigenvalue weighted by atomic mass is 9.94. The van der Waals surface area contributed by atoms with Gasteiger partial charge in [0.1, 0.15) is 0 Å². The van der Waals surface area contributed by atoms with Crippen LogP contribution in [0.5, 0.6) is 0 Å². The lowest BCUT2D eigenvalue weighted by Crippen LogP contribution is -2.13. The van der Waals surface area contributed by atoms with E-state index in [-0.39, 0.29) is 10.6 Å². The van der Waals surface area contributed by atoms with Crippen LogP contribution in [0.1, 0.15) is 54.1 Å². The Bertz CT molecular complexity index is 409. The summed E-state index contributed by atoms with van der Waals surface area (Å²) >= 11 is 3.49. The third-order valence-electron chi connectivity index (χ3n) is 3.25. The average Bonchev–Trinajstić information content (AvgIpc) is 2.40. The van der Waals surface area contributed by atoms with Gasteiger partial charge in [-0.1, -0.05) is 41.9 Å². The van der Waals surface area contributed by atoms with E-state index in [0.717, 1.165) is 24.8 Å². The van der Waals surface area contributed by atoms with Gasteiger partial charge in [0.15, 0.2) is 5.78 Å². The summed E-state index contributed by atoms with van der Waals surface area (Å²) in [5, 5.41) is 0. The van der Waals surface area contributed by atoms with E-state index in [9.17, 15) is 4.79 Å². The van der Waals surface area contributed by atoms with Gasteiger partial charge in [-0.3, -0.25) is 4.79 Å². The van der Waals surface area contributed by atoms with Gasteiger partial charge < -0.3 is 0 Å². The molecule has 0 fully saturated rings. The molecule has 1 aromatic carbocycles. The van der Waals surface area contributed by atoms with Gasteiger partial charge in [0.2, 0.25) is 0 Å². The average molecular weight is 281 g/mol. The van der Waals surface area contributed by atoms with Crippen molar-refractivity contribution >= 4 is 21.7 Å². The largest absolute Gasteiger partial charge is 0.293 e. The number of halogens is 1. The van der Waals surface area contributed by atoms with Crippen molar-refractivity contribution in [2.24, 2.45) is 0 Å². The Hall–Kier alpha value is -0.630. The number of alkyl halides is 1. The predicted molar refractivity (Wildman–Crippen MR) is 70.5 cm³/mol. The fourth-order valence-electron chi connectivity index (χ4n) is 2.17. The summed E-state index contributed by atoms with van der Waals surface area (Å²) in [5.41, 5.74) is 3.41. The molecule has 1 aliphatic rings. The van der Waals surface area contributed by atoms with Crippen molar-refractivity contribution in [3.05, 3.63) is 34.9 Å². The Kier molecular flexibility index (Phi) is 3.48. The van der Waals surface area contributed by atoms with Crippen LogP contribution in [-0.2, 0) is 6.42 Å². The fraction of sp³-hybridized carbons (Fsp3) is 0.500. The quantitative estimate of drug-likeness (QED) is 0.559. The molecule has 2 heteroatoms. The van der Waals surface area contributed by atoms with E-state index >= 15 is 0 Å². The molecule has 0 bridgehead atoms. The first kappa shape index (κ1) is 11.8. The van der Waals surface area contributed by atoms with Gasteiger partial charge in [-0.15, -0.1) is 0 Å².